The lowest BCUT2D eigenvalue weighted by Crippen LogP contribution is -2.55. The summed E-state index contributed by atoms with van der Waals surface area (Å²) in [5.74, 6) is 0.807. The Bertz CT molecular complexity index is 295. The fourth-order valence-electron chi connectivity index (χ4n) is 5.16. The maximum Gasteiger partial charge on any atom is 0.0357 e. The van der Waals surface area contributed by atoms with E-state index in [0.29, 0.717) is 11.0 Å². The summed E-state index contributed by atoms with van der Waals surface area (Å²) >= 11 is 0. The Kier molecular flexibility index (Phi) is 3.44. The number of nitrogens with zero attached hydrogens (tertiary/aromatic N) is 1. The van der Waals surface area contributed by atoms with Crippen LogP contribution in [0.15, 0.2) is 0 Å². The van der Waals surface area contributed by atoms with E-state index in [9.17, 15) is 0 Å². The topological polar surface area (TPSA) is 29.3 Å². The van der Waals surface area contributed by atoms with Gasteiger partial charge in [0.1, 0.15) is 0 Å². The van der Waals surface area contributed by atoms with Gasteiger partial charge in [-0.05, 0) is 50.0 Å². The quantitative estimate of drug-likeness (QED) is 0.815. The molecule has 104 valence electrons. The van der Waals surface area contributed by atoms with Crippen molar-refractivity contribution in [3.8, 4) is 0 Å². The van der Waals surface area contributed by atoms with Crippen LogP contribution in [0.2, 0.25) is 0 Å². The van der Waals surface area contributed by atoms with Gasteiger partial charge in [0.25, 0.3) is 0 Å². The molecule has 0 aromatic heterocycles. The van der Waals surface area contributed by atoms with Gasteiger partial charge in [0.05, 0.1) is 0 Å². The minimum atomic E-state index is 0.362. The molecule has 3 rings (SSSR count). The van der Waals surface area contributed by atoms with Crippen molar-refractivity contribution in [2.45, 2.75) is 70.3 Å². The van der Waals surface area contributed by atoms with Crippen molar-refractivity contribution >= 4 is 0 Å². The molecule has 2 nitrogen and oxygen atoms in total. The van der Waals surface area contributed by atoms with Crippen molar-refractivity contribution in [1.82, 2.24) is 4.90 Å². The molecule has 1 saturated heterocycles. The number of rotatable bonds is 2. The molecule has 2 N–H and O–H groups in total. The van der Waals surface area contributed by atoms with Gasteiger partial charge >= 0.3 is 0 Å². The molecule has 2 atom stereocenters. The minimum absolute atomic E-state index is 0.362. The third kappa shape index (κ3) is 1.92. The molecular weight excluding hydrogens is 220 g/mol. The summed E-state index contributed by atoms with van der Waals surface area (Å²) in [6.45, 7) is 5.99. The summed E-state index contributed by atoms with van der Waals surface area (Å²) in [5.41, 5.74) is 7.26. The van der Waals surface area contributed by atoms with E-state index >= 15 is 0 Å². The van der Waals surface area contributed by atoms with Gasteiger partial charge in [-0.25, -0.2) is 0 Å². The Morgan fingerprint density at radius 2 is 1.83 bits per heavy atom. The molecule has 0 aromatic rings. The Morgan fingerprint density at radius 3 is 2.44 bits per heavy atom. The third-order valence-corrected chi connectivity index (χ3v) is 6.50. The lowest BCUT2D eigenvalue weighted by molar-refractivity contribution is 0.0671. The Balaban J connectivity index is 1.74. The monoisotopic (exact) mass is 250 g/mol. The molecule has 2 heteroatoms. The van der Waals surface area contributed by atoms with Crippen LogP contribution in [-0.4, -0.2) is 30.1 Å². The molecule has 1 heterocycles. The van der Waals surface area contributed by atoms with E-state index in [1.54, 1.807) is 0 Å². The van der Waals surface area contributed by atoms with Crippen molar-refractivity contribution in [1.29, 1.82) is 0 Å². The summed E-state index contributed by atoms with van der Waals surface area (Å²) in [6, 6.07) is 0. The van der Waals surface area contributed by atoms with E-state index in [4.69, 9.17) is 5.73 Å². The normalized spacial score (nSPS) is 40.7. The summed E-state index contributed by atoms with van der Waals surface area (Å²) in [5, 5.41) is 0. The highest BCUT2D eigenvalue weighted by molar-refractivity contribution is 5.05. The molecule has 3 fully saturated rings. The van der Waals surface area contributed by atoms with Gasteiger partial charge in [-0.1, -0.05) is 32.6 Å². The van der Waals surface area contributed by atoms with E-state index in [1.165, 1.54) is 70.9 Å². The van der Waals surface area contributed by atoms with Crippen molar-refractivity contribution in [2.24, 2.45) is 17.1 Å². The van der Waals surface area contributed by atoms with E-state index < -0.39 is 0 Å². The fraction of sp³-hybridized carbons (Fsp3) is 1.00. The number of hydrogen-bond acceptors (Lipinski definition) is 2. The first-order valence-corrected chi connectivity index (χ1v) is 8.16. The van der Waals surface area contributed by atoms with Crippen molar-refractivity contribution in [2.75, 3.05) is 19.6 Å². The summed E-state index contributed by atoms with van der Waals surface area (Å²) in [4.78, 5) is 2.82. The maximum atomic E-state index is 6.22. The van der Waals surface area contributed by atoms with Crippen molar-refractivity contribution in [3.63, 3.8) is 0 Å². The second-order valence-corrected chi connectivity index (χ2v) is 7.33. The van der Waals surface area contributed by atoms with Gasteiger partial charge < -0.3 is 5.73 Å². The molecule has 0 amide bonds. The molecule has 0 bridgehead atoms. The summed E-state index contributed by atoms with van der Waals surface area (Å²) < 4.78 is 0. The molecular formula is C16H30N2. The zero-order valence-electron chi connectivity index (χ0n) is 12.1. The van der Waals surface area contributed by atoms with Crippen LogP contribution < -0.4 is 5.73 Å². The second kappa shape index (κ2) is 4.79. The van der Waals surface area contributed by atoms with Crippen LogP contribution in [0.1, 0.15) is 64.7 Å². The molecule has 2 saturated carbocycles. The van der Waals surface area contributed by atoms with Crippen LogP contribution in [0.4, 0.5) is 0 Å². The van der Waals surface area contributed by atoms with Gasteiger partial charge in [0.15, 0.2) is 0 Å². The Labute approximate surface area is 112 Å². The predicted octanol–water partition coefficient (Wildman–Crippen LogP) is 3.16. The third-order valence-electron chi connectivity index (χ3n) is 6.50. The first-order valence-electron chi connectivity index (χ1n) is 8.16. The predicted molar refractivity (Wildman–Crippen MR) is 76.5 cm³/mol. The molecule has 2 aliphatic carbocycles. The van der Waals surface area contributed by atoms with Crippen molar-refractivity contribution < 1.29 is 0 Å². The highest BCUT2D eigenvalue weighted by Crippen LogP contribution is 2.49. The van der Waals surface area contributed by atoms with Gasteiger partial charge in [-0.2, -0.15) is 0 Å². The zero-order chi connectivity index (χ0) is 12.6. The first kappa shape index (κ1) is 12.9. The minimum Gasteiger partial charge on any atom is -0.329 e. The molecule has 1 spiro atoms. The number of likely N-dealkylation sites (tertiary alicyclic amines) is 1. The average molecular weight is 250 g/mol. The lowest BCUT2D eigenvalue weighted by Gasteiger charge is -2.43. The molecule has 3 aliphatic rings. The number of nitrogens with two attached hydrogens (primary N) is 1. The highest BCUT2D eigenvalue weighted by atomic mass is 15.2. The van der Waals surface area contributed by atoms with E-state index in [1.807, 2.05) is 0 Å². The fourth-order valence-corrected chi connectivity index (χ4v) is 5.16. The van der Waals surface area contributed by atoms with E-state index in [2.05, 4.69) is 11.8 Å². The van der Waals surface area contributed by atoms with Crippen LogP contribution in [0.5, 0.6) is 0 Å². The average Bonchev–Trinajstić information content (AvgIpc) is 2.96. The number of hydrogen-bond donors (Lipinski definition) is 1. The Morgan fingerprint density at radius 1 is 1.06 bits per heavy atom. The molecule has 18 heavy (non-hydrogen) atoms. The SMILES string of the molecule is CC1CCCC1(CN)N1CCC2(CCCCC2)C1. The van der Waals surface area contributed by atoms with Crippen LogP contribution in [-0.2, 0) is 0 Å². The maximum absolute atomic E-state index is 6.22. The second-order valence-electron chi connectivity index (χ2n) is 7.33. The Hall–Kier alpha value is -0.0800. The van der Waals surface area contributed by atoms with Gasteiger partial charge in [0.2, 0.25) is 0 Å². The van der Waals surface area contributed by atoms with Crippen LogP contribution in [0, 0.1) is 11.3 Å². The smallest absolute Gasteiger partial charge is 0.0357 e. The summed E-state index contributed by atoms with van der Waals surface area (Å²) in [6.07, 6.45) is 13.0. The van der Waals surface area contributed by atoms with Crippen LogP contribution >= 0.6 is 0 Å². The van der Waals surface area contributed by atoms with Crippen LogP contribution in [0.3, 0.4) is 0 Å². The largest absolute Gasteiger partial charge is 0.329 e. The van der Waals surface area contributed by atoms with Gasteiger partial charge in [0, 0.05) is 18.6 Å². The lowest BCUT2D eigenvalue weighted by atomic mass is 9.73. The molecule has 0 radical (unpaired) electrons. The van der Waals surface area contributed by atoms with Crippen molar-refractivity contribution in [3.05, 3.63) is 0 Å². The van der Waals surface area contributed by atoms with Gasteiger partial charge in [-0.3, -0.25) is 4.90 Å². The summed E-state index contributed by atoms with van der Waals surface area (Å²) in [7, 11) is 0. The van der Waals surface area contributed by atoms with Crippen LogP contribution in [0.25, 0.3) is 0 Å². The highest BCUT2D eigenvalue weighted by Gasteiger charge is 2.50. The zero-order valence-corrected chi connectivity index (χ0v) is 12.1. The molecule has 0 aromatic carbocycles. The first-order chi connectivity index (χ1) is 8.71. The van der Waals surface area contributed by atoms with E-state index in [0.717, 1.165) is 12.5 Å². The van der Waals surface area contributed by atoms with E-state index in [-0.39, 0.29) is 0 Å². The standard InChI is InChI=1S/C16H30N2/c1-14-6-5-9-16(14,12-17)18-11-10-15(13-18)7-3-2-4-8-15/h14H,2-13,17H2,1H3. The molecule has 1 aliphatic heterocycles. The van der Waals surface area contributed by atoms with Gasteiger partial charge in [-0.15, -0.1) is 0 Å². The molecule has 2 unspecified atom stereocenters.